The third-order valence-electron chi connectivity index (χ3n) is 3.57. The largest absolute Gasteiger partial charge is 0.497 e. The molecule has 0 aliphatic carbocycles. The fourth-order valence-corrected chi connectivity index (χ4v) is 2.31. The number of ether oxygens (including phenoxy) is 4. The fraction of sp³-hybridized carbons (Fsp3) is 0.278. The third-order valence-corrected chi connectivity index (χ3v) is 3.57. The van der Waals surface area contributed by atoms with E-state index in [0.717, 1.165) is 5.56 Å². The molecule has 0 unspecified atom stereocenters. The van der Waals surface area contributed by atoms with Crippen LogP contribution in [0, 0.1) is 0 Å². The zero-order chi connectivity index (χ0) is 17.5. The molecule has 0 aromatic heterocycles. The molecule has 0 radical (unpaired) electrons. The monoisotopic (exact) mass is 331 g/mol. The molecule has 0 aliphatic rings. The molecule has 24 heavy (non-hydrogen) atoms. The number of benzene rings is 2. The summed E-state index contributed by atoms with van der Waals surface area (Å²) in [5.74, 6) is 2.15. The number of nitrogens with one attached hydrogen (secondary N) is 1. The number of rotatable bonds is 7. The van der Waals surface area contributed by atoms with Crippen molar-refractivity contribution in [1.82, 2.24) is 5.32 Å². The lowest BCUT2D eigenvalue weighted by atomic mass is 10.1. The van der Waals surface area contributed by atoms with Gasteiger partial charge in [0.15, 0.2) is 0 Å². The van der Waals surface area contributed by atoms with Crippen molar-refractivity contribution >= 4 is 5.91 Å². The SMILES string of the molecule is COc1cc(OC)cc(C(=O)NCc2c(OC)cccc2OC)c1. The Kier molecular flexibility index (Phi) is 5.89. The van der Waals surface area contributed by atoms with Crippen LogP contribution in [0.15, 0.2) is 36.4 Å². The number of carbonyl (C=O) groups excluding carboxylic acids is 1. The summed E-state index contributed by atoms with van der Waals surface area (Å²) in [6.45, 7) is 0.269. The highest BCUT2D eigenvalue weighted by atomic mass is 16.5. The van der Waals surface area contributed by atoms with Crippen LogP contribution in [0.1, 0.15) is 15.9 Å². The molecule has 2 rings (SSSR count). The Morgan fingerprint density at radius 1 is 0.875 bits per heavy atom. The average Bonchev–Trinajstić information content (AvgIpc) is 2.64. The van der Waals surface area contributed by atoms with Gasteiger partial charge >= 0.3 is 0 Å². The van der Waals surface area contributed by atoms with Gasteiger partial charge in [0.05, 0.1) is 40.5 Å². The molecule has 2 aromatic carbocycles. The summed E-state index contributed by atoms with van der Waals surface area (Å²) in [7, 11) is 6.23. The van der Waals surface area contributed by atoms with Crippen LogP contribution in [-0.4, -0.2) is 34.3 Å². The molecule has 6 nitrogen and oxygen atoms in total. The van der Waals surface area contributed by atoms with E-state index in [1.807, 2.05) is 18.2 Å². The van der Waals surface area contributed by atoms with E-state index in [-0.39, 0.29) is 12.5 Å². The topological polar surface area (TPSA) is 66.0 Å². The second-order valence-corrected chi connectivity index (χ2v) is 4.93. The Hall–Kier alpha value is -2.89. The highest BCUT2D eigenvalue weighted by Gasteiger charge is 2.13. The Labute approximate surface area is 141 Å². The van der Waals surface area contributed by atoms with Crippen molar-refractivity contribution in [2.75, 3.05) is 28.4 Å². The molecule has 0 saturated heterocycles. The van der Waals surface area contributed by atoms with Crippen molar-refractivity contribution in [2.45, 2.75) is 6.54 Å². The smallest absolute Gasteiger partial charge is 0.251 e. The van der Waals surface area contributed by atoms with E-state index in [4.69, 9.17) is 18.9 Å². The van der Waals surface area contributed by atoms with E-state index in [1.165, 1.54) is 14.2 Å². The maximum atomic E-state index is 12.4. The molecule has 0 aliphatic heterocycles. The van der Waals surface area contributed by atoms with Gasteiger partial charge in [-0.25, -0.2) is 0 Å². The van der Waals surface area contributed by atoms with Gasteiger partial charge in [0.1, 0.15) is 23.0 Å². The molecule has 6 heteroatoms. The molecule has 1 amide bonds. The summed E-state index contributed by atoms with van der Waals surface area (Å²) < 4.78 is 21.0. The summed E-state index contributed by atoms with van der Waals surface area (Å²) in [4.78, 5) is 12.4. The minimum absolute atomic E-state index is 0.250. The molecule has 0 bridgehead atoms. The zero-order valence-electron chi connectivity index (χ0n) is 14.2. The lowest BCUT2D eigenvalue weighted by molar-refractivity contribution is 0.0949. The van der Waals surface area contributed by atoms with Gasteiger partial charge in [0, 0.05) is 11.6 Å². The van der Waals surface area contributed by atoms with E-state index >= 15 is 0 Å². The van der Waals surface area contributed by atoms with E-state index in [2.05, 4.69) is 5.32 Å². The van der Waals surface area contributed by atoms with Crippen molar-refractivity contribution in [1.29, 1.82) is 0 Å². The molecule has 2 aromatic rings. The van der Waals surface area contributed by atoms with Crippen molar-refractivity contribution in [3.05, 3.63) is 47.5 Å². The van der Waals surface area contributed by atoms with Gasteiger partial charge in [0.2, 0.25) is 0 Å². The molecule has 0 heterocycles. The van der Waals surface area contributed by atoms with Gasteiger partial charge in [-0.2, -0.15) is 0 Å². The fourth-order valence-electron chi connectivity index (χ4n) is 2.31. The highest BCUT2D eigenvalue weighted by molar-refractivity contribution is 5.95. The first-order valence-electron chi connectivity index (χ1n) is 7.34. The second kappa shape index (κ2) is 8.10. The molecule has 0 atom stereocenters. The molecule has 1 N–H and O–H groups in total. The summed E-state index contributed by atoms with van der Waals surface area (Å²) in [6, 6.07) is 10.5. The summed E-state index contributed by atoms with van der Waals surface area (Å²) in [6.07, 6.45) is 0. The van der Waals surface area contributed by atoms with Crippen molar-refractivity contribution < 1.29 is 23.7 Å². The van der Waals surface area contributed by atoms with Gasteiger partial charge in [0.25, 0.3) is 5.91 Å². The van der Waals surface area contributed by atoms with E-state index in [0.29, 0.717) is 28.6 Å². The number of amides is 1. The first-order chi connectivity index (χ1) is 11.6. The van der Waals surface area contributed by atoms with E-state index in [9.17, 15) is 4.79 Å². The quantitative estimate of drug-likeness (QED) is 0.845. The molecule has 128 valence electrons. The standard InChI is InChI=1S/C18H21NO5/c1-21-13-8-12(9-14(10-13)22-2)18(20)19-11-15-16(23-3)6-5-7-17(15)24-4/h5-10H,11H2,1-4H3,(H,19,20). The third kappa shape index (κ3) is 3.90. The molecule has 0 saturated carbocycles. The lowest BCUT2D eigenvalue weighted by Crippen LogP contribution is -2.23. The molecular weight excluding hydrogens is 310 g/mol. The Bertz CT molecular complexity index is 670. The normalized spacial score (nSPS) is 10.0. The first-order valence-corrected chi connectivity index (χ1v) is 7.34. The van der Waals surface area contributed by atoms with Gasteiger partial charge in [-0.05, 0) is 24.3 Å². The van der Waals surface area contributed by atoms with Crippen LogP contribution in [0.25, 0.3) is 0 Å². The number of hydrogen-bond acceptors (Lipinski definition) is 5. The van der Waals surface area contributed by atoms with Gasteiger partial charge in [-0.1, -0.05) is 6.07 Å². The second-order valence-electron chi connectivity index (χ2n) is 4.93. The van der Waals surface area contributed by atoms with Crippen LogP contribution >= 0.6 is 0 Å². The van der Waals surface area contributed by atoms with Crippen LogP contribution in [0.3, 0.4) is 0 Å². The molecule has 0 fully saturated rings. The zero-order valence-corrected chi connectivity index (χ0v) is 14.2. The van der Waals surface area contributed by atoms with Crippen LogP contribution in [-0.2, 0) is 6.54 Å². The van der Waals surface area contributed by atoms with E-state index < -0.39 is 0 Å². The Morgan fingerprint density at radius 3 is 1.88 bits per heavy atom. The maximum absolute atomic E-state index is 12.4. The summed E-state index contributed by atoms with van der Waals surface area (Å²) in [5.41, 5.74) is 1.21. The van der Waals surface area contributed by atoms with Gasteiger partial charge in [-0.15, -0.1) is 0 Å². The Balaban J connectivity index is 2.20. The number of methoxy groups -OCH3 is 4. The van der Waals surface area contributed by atoms with Crippen LogP contribution in [0.5, 0.6) is 23.0 Å². The highest BCUT2D eigenvalue weighted by Crippen LogP contribution is 2.28. The van der Waals surface area contributed by atoms with E-state index in [1.54, 1.807) is 32.4 Å². The first kappa shape index (κ1) is 17.5. The number of hydrogen-bond donors (Lipinski definition) is 1. The summed E-state index contributed by atoms with van der Waals surface area (Å²) in [5, 5.41) is 2.86. The minimum Gasteiger partial charge on any atom is -0.497 e. The number of carbonyl (C=O) groups is 1. The van der Waals surface area contributed by atoms with Crippen molar-refractivity contribution in [3.63, 3.8) is 0 Å². The predicted molar refractivity (Wildman–Crippen MR) is 90.3 cm³/mol. The average molecular weight is 331 g/mol. The molecular formula is C18H21NO5. The summed E-state index contributed by atoms with van der Waals surface area (Å²) >= 11 is 0. The van der Waals surface area contributed by atoms with Crippen LogP contribution < -0.4 is 24.3 Å². The predicted octanol–water partition coefficient (Wildman–Crippen LogP) is 2.65. The van der Waals surface area contributed by atoms with Gasteiger partial charge < -0.3 is 24.3 Å². The maximum Gasteiger partial charge on any atom is 0.251 e. The lowest BCUT2D eigenvalue weighted by Gasteiger charge is -2.14. The van der Waals surface area contributed by atoms with Crippen molar-refractivity contribution in [2.24, 2.45) is 0 Å². The van der Waals surface area contributed by atoms with Gasteiger partial charge in [-0.3, -0.25) is 4.79 Å². The van der Waals surface area contributed by atoms with Crippen molar-refractivity contribution in [3.8, 4) is 23.0 Å². The Morgan fingerprint density at radius 2 is 1.42 bits per heavy atom. The minimum atomic E-state index is -0.250. The molecule has 0 spiro atoms. The van der Waals surface area contributed by atoms with Crippen LogP contribution in [0.2, 0.25) is 0 Å². The van der Waals surface area contributed by atoms with Crippen LogP contribution in [0.4, 0.5) is 0 Å².